The number of hydrogen-bond donors (Lipinski definition) is 1. The van der Waals surface area contributed by atoms with E-state index in [1.165, 1.54) is 25.1 Å². The number of thiazole rings is 1. The maximum atomic E-state index is 4.34. The van der Waals surface area contributed by atoms with Crippen LogP contribution in [0.3, 0.4) is 0 Å². The van der Waals surface area contributed by atoms with Crippen LogP contribution in [0.1, 0.15) is 25.5 Å². The molecule has 2 rings (SSSR count). The summed E-state index contributed by atoms with van der Waals surface area (Å²) < 4.78 is 0. The molecule has 0 spiro atoms. The van der Waals surface area contributed by atoms with E-state index >= 15 is 0 Å². The van der Waals surface area contributed by atoms with Gasteiger partial charge in [-0.3, -0.25) is 4.90 Å². The van der Waals surface area contributed by atoms with Gasteiger partial charge in [-0.25, -0.2) is 4.98 Å². The first-order valence-corrected chi connectivity index (χ1v) is 6.65. The van der Waals surface area contributed by atoms with E-state index in [4.69, 9.17) is 0 Å². The second kappa shape index (κ2) is 5.58. The van der Waals surface area contributed by atoms with Gasteiger partial charge in [0, 0.05) is 37.6 Å². The molecule has 2 heterocycles. The molecule has 0 amide bonds. The molecule has 3 nitrogen and oxygen atoms in total. The second-order valence-electron chi connectivity index (χ2n) is 4.15. The molecule has 1 aromatic heterocycles. The molecule has 84 valence electrons. The lowest BCUT2D eigenvalue weighted by Crippen LogP contribution is -2.50. The minimum atomic E-state index is 0.683. The second-order valence-corrected chi connectivity index (χ2v) is 4.87. The highest BCUT2D eigenvalue weighted by molar-refractivity contribution is 7.07. The third-order valence-corrected chi connectivity index (χ3v) is 3.48. The smallest absolute Gasteiger partial charge is 0.0795 e. The first-order valence-electron chi connectivity index (χ1n) is 5.71. The molecule has 0 bridgehead atoms. The van der Waals surface area contributed by atoms with Crippen molar-refractivity contribution in [3.05, 3.63) is 16.6 Å². The molecule has 15 heavy (non-hydrogen) atoms. The van der Waals surface area contributed by atoms with E-state index in [2.05, 4.69) is 27.5 Å². The summed E-state index contributed by atoms with van der Waals surface area (Å²) in [6, 6.07) is 0.683. The predicted octanol–water partition coefficient (Wildman–Crippen LogP) is 1.72. The molecule has 1 aromatic rings. The quantitative estimate of drug-likeness (QED) is 0.845. The molecular formula is C11H19N3S. The fourth-order valence-corrected chi connectivity index (χ4v) is 2.67. The Balaban J connectivity index is 1.82. The van der Waals surface area contributed by atoms with Crippen molar-refractivity contribution in [1.82, 2.24) is 15.2 Å². The highest BCUT2D eigenvalue weighted by Crippen LogP contribution is 2.10. The molecule has 1 atom stereocenters. The van der Waals surface area contributed by atoms with Crippen molar-refractivity contribution in [2.45, 2.75) is 32.4 Å². The van der Waals surface area contributed by atoms with E-state index in [1.54, 1.807) is 11.3 Å². The van der Waals surface area contributed by atoms with Gasteiger partial charge in [-0.05, 0) is 6.42 Å². The van der Waals surface area contributed by atoms with Crippen molar-refractivity contribution in [2.75, 3.05) is 19.6 Å². The fourth-order valence-electron chi connectivity index (χ4n) is 2.12. The van der Waals surface area contributed by atoms with Crippen molar-refractivity contribution >= 4 is 11.3 Å². The average molecular weight is 225 g/mol. The van der Waals surface area contributed by atoms with Gasteiger partial charge in [-0.2, -0.15) is 0 Å². The Morgan fingerprint density at radius 1 is 1.67 bits per heavy atom. The van der Waals surface area contributed by atoms with Crippen LogP contribution in [0, 0.1) is 0 Å². The Morgan fingerprint density at radius 2 is 2.60 bits per heavy atom. The molecule has 0 aromatic carbocycles. The van der Waals surface area contributed by atoms with Gasteiger partial charge in [-0.1, -0.05) is 13.3 Å². The van der Waals surface area contributed by atoms with Crippen molar-refractivity contribution in [1.29, 1.82) is 0 Å². The van der Waals surface area contributed by atoms with Crippen LogP contribution < -0.4 is 5.32 Å². The van der Waals surface area contributed by atoms with E-state index in [9.17, 15) is 0 Å². The Morgan fingerprint density at radius 3 is 3.33 bits per heavy atom. The van der Waals surface area contributed by atoms with Gasteiger partial charge in [0.05, 0.1) is 11.2 Å². The number of piperazine rings is 1. The molecular weight excluding hydrogens is 206 g/mol. The van der Waals surface area contributed by atoms with Crippen LogP contribution in [0.15, 0.2) is 10.9 Å². The maximum absolute atomic E-state index is 4.34. The van der Waals surface area contributed by atoms with Crippen LogP contribution in [0.5, 0.6) is 0 Å². The Bertz CT molecular complexity index is 271. The Hall–Kier alpha value is -0.450. The molecule has 0 radical (unpaired) electrons. The minimum Gasteiger partial charge on any atom is -0.311 e. The molecule has 4 heteroatoms. The molecule has 1 saturated heterocycles. The van der Waals surface area contributed by atoms with Crippen LogP contribution in [0.4, 0.5) is 0 Å². The number of aromatic nitrogens is 1. The Kier molecular flexibility index (Phi) is 4.11. The summed E-state index contributed by atoms with van der Waals surface area (Å²) in [5.74, 6) is 0. The third kappa shape index (κ3) is 3.26. The van der Waals surface area contributed by atoms with Crippen molar-refractivity contribution in [2.24, 2.45) is 0 Å². The number of hydrogen-bond acceptors (Lipinski definition) is 4. The Labute approximate surface area is 95.5 Å². The van der Waals surface area contributed by atoms with E-state index in [1.807, 2.05) is 5.51 Å². The SMILES string of the molecule is CCCC1CN(Cc2cscn2)CCN1. The van der Waals surface area contributed by atoms with Crippen LogP contribution >= 0.6 is 11.3 Å². The van der Waals surface area contributed by atoms with Gasteiger partial charge < -0.3 is 5.32 Å². The number of rotatable bonds is 4. The lowest BCUT2D eigenvalue weighted by Gasteiger charge is -2.33. The van der Waals surface area contributed by atoms with Crippen molar-refractivity contribution in [3.63, 3.8) is 0 Å². The highest BCUT2D eigenvalue weighted by atomic mass is 32.1. The van der Waals surface area contributed by atoms with Gasteiger partial charge >= 0.3 is 0 Å². The van der Waals surface area contributed by atoms with Gasteiger partial charge in [0.15, 0.2) is 0 Å². The van der Waals surface area contributed by atoms with Crippen LogP contribution in [-0.4, -0.2) is 35.6 Å². The predicted molar refractivity (Wildman–Crippen MR) is 64.1 cm³/mol. The fraction of sp³-hybridized carbons (Fsp3) is 0.727. The lowest BCUT2D eigenvalue weighted by molar-refractivity contribution is 0.185. The first kappa shape index (κ1) is 11.0. The monoisotopic (exact) mass is 225 g/mol. The standard InChI is InChI=1S/C11H19N3S/c1-2-3-10-6-14(5-4-12-10)7-11-8-15-9-13-11/h8-10,12H,2-7H2,1H3. The summed E-state index contributed by atoms with van der Waals surface area (Å²) >= 11 is 1.69. The van der Waals surface area contributed by atoms with Gasteiger partial charge in [0.1, 0.15) is 0 Å². The summed E-state index contributed by atoms with van der Waals surface area (Å²) in [5.41, 5.74) is 3.14. The van der Waals surface area contributed by atoms with Crippen molar-refractivity contribution < 1.29 is 0 Å². The summed E-state index contributed by atoms with van der Waals surface area (Å²) in [5, 5.41) is 5.72. The van der Waals surface area contributed by atoms with E-state index in [-0.39, 0.29) is 0 Å². The van der Waals surface area contributed by atoms with Gasteiger partial charge in [0.2, 0.25) is 0 Å². The van der Waals surface area contributed by atoms with Gasteiger partial charge in [0.25, 0.3) is 0 Å². The summed E-state index contributed by atoms with van der Waals surface area (Å²) in [7, 11) is 0. The van der Waals surface area contributed by atoms with Crippen LogP contribution in [0.2, 0.25) is 0 Å². The maximum Gasteiger partial charge on any atom is 0.0795 e. The molecule has 0 saturated carbocycles. The van der Waals surface area contributed by atoms with Crippen LogP contribution in [-0.2, 0) is 6.54 Å². The summed E-state index contributed by atoms with van der Waals surface area (Å²) in [6.45, 7) is 6.71. The van der Waals surface area contributed by atoms with Crippen molar-refractivity contribution in [3.8, 4) is 0 Å². The number of nitrogens with one attached hydrogen (secondary N) is 1. The van der Waals surface area contributed by atoms with Crippen LogP contribution in [0.25, 0.3) is 0 Å². The molecule has 1 N–H and O–H groups in total. The summed E-state index contributed by atoms with van der Waals surface area (Å²) in [4.78, 5) is 6.84. The highest BCUT2D eigenvalue weighted by Gasteiger charge is 2.18. The summed E-state index contributed by atoms with van der Waals surface area (Å²) in [6.07, 6.45) is 2.55. The largest absolute Gasteiger partial charge is 0.311 e. The molecule has 1 aliphatic rings. The zero-order chi connectivity index (χ0) is 10.5. The molecule has 0 aliphatic carbocycles. The molecule has 1 aliphatic heterocycles. The van der Waals surface area contributed by atoms with E-state index in [0.29, 0.717) is 6.04 Å². The first-order chi connectivity index (χ1) is 7.38. The van der Waals surface area contributed by atoms with E-state index in [0.717, 1.165) is 19.6 Å². The molecule has 1 fully saturated rings. The number of nitrogens with zero attached hydrogens (tertiary/aromatic N) is 2. The van der Waals surface area contributed by atoms with Gasteiger partial charge in [-0.15, -0.1) is 11.3 Å². The third-order valence-electron chi connectivity index (χ3n) is 2.85. The topological polar surface area (TPSA) is 28.2 Å². The normalized spacial score (nSPS) is 23.1. The zero-order valence-electron chi connectivity index (χ0n) is 9.28. The average Bonchev–Trinajstić information content (AvgIpc) is 2.71. The lowest BCUT2D eigenvalue weighted by atomic mass is 10.1. The zero-order valence-corrected chi connectivity index (χ0v) is 10.1. The van der Waals surface area contributed by atoms with E-state index < -0.39 is 0 Å². The minimum absolute atomic E-state index is 0.683. The molecule has 1 unspecified atom stereocenters.